The zero-order chi connectivity index (χ0) is 20.7. The molecular weight excluding hydrogens is 421 g/mol. The molecule has 0 bridgehead atoms. The normalized spacial score (nSPS) is 11.6. The standard InChI is InChI=1S/C25H30GeO3/c1-26(23-14-8-5-11-20(23)17-27-2,24-15-9-6-12-21(24)18-28-3)25-16-10-7-13-22(25)19-29-4/h5-16H,17-19H2,1-4H3. The Bertz CT molecular complexity index is 818. The van der Waals surface area contributed by atoms with Crippen LogP contribution in [0.4, 0.5) is 0 Å². The van der Waals surface area contributed by atoms with E-state index in [9.17, 15) is 0 Å². The fraction of sp³-hybridized carbons (Fsp3) is 0.280. The van der Waals surface area contributed by atoms with Crippen LogP contribution in [-0.4, -0.2) is 34.6 Å². The number of hydrogen-bond acceptors (Lipinski definition) is 3. The first-order valence-electron chi connectivity index (χ1n) is 9.88. The van der Waals surface area contributed by atoms with Crippen molar-refractivity contribution in [2.24, 2.45) is 0 Å². The van der Waals surface area contributed by atoms with Crippen LogP contribution in [0, 0.1) is 0 Å². The Balaban J connectivity index is 2.35. The molecule has 0 aliphatic heterocycles. The van der Waals surface area contributed by atoms with Gasteiger partial charge >= 0.3 is 177 Å². The average Bonchev–Trinajstić information content (AvgIpc) is 2.75. The summed E-state index contributed by atoms with van der Waals surface area (Å²) in [5.41, 5.74) is 3.78. The Kier molecular flexibility index (Phi) is 7.67. The van der Waals surface area contributed by atoms with E-state index in [0.29, 0.717) is 19.8 Å². The van der Waals surface area contributed by atoms with Gasteiger partial charge in [0.25, 0.3) is 0 Å². The monoisotopic (exact) mass is 452 g/mol. The van der Waals surface area contributed by atoms with Gasteiger partial charge in [0.15, 0.2) is 0 Å². The van der Waals surface area contributed by atoms with Gasteiger partial charge in [-0.25, -0.2) is 0 Å². The number of ether oxygens (including phenoxy) is 3. The Labute approximate surface area is 177 Å². The van der Waals surface area contributed by atoms with E-state index in [-0.39, 0.29) is 0 Å². The Morgan fingerprint density at radius 3 is 1.07 bits per heavy atom. The summed E-state index contributed by atoms with van der Waals surface area (Å²) >= 11 is -3.05. The van der Waals surface area contributed by atoms with Gasteiger partial charge in [0.1, 0.15) is 0 Å². The zero-order valence-corrected chi connectivity index (χ0v) is 19.9. The molecule has 0 radical (unpaired) electrons. The predicted molar refractivity (Wildman–Crippen MR) is 122 cm³/mol. The molecule has 3 rings (SSSR count). The summed E-state index contributed by atoms with van der Waals surface area (Å²) in [7, 11) is 5.29. The summed E-state index contributed by atoms with van der Waals surface area (Å²) in [4.78, 5) is 0. The molecule has 0 amide bonds. The molecule has 3 nitrogen and oxygen atoms in total. The van der Waals surface area contributed by atoms with Crippen LogP contribution in [0.5, 0.6) is 0 Å². The summed E-state index contributed by atoms with van der Waals surface area (Å²) in [6, 6.07) is 26.2. The molecule has 0 atom stereocenters. The van der Waals surface area contributed by atoms with E-state index in [4.69, 9.17) is 14.2 Å². The molecular formula is C25H30GeO3. The molecule has 0 fully saturated rings. The molecule has 0 spiro atoms. The van der Waals surface area contributed by atoms with Gasteiger partial charge in [0.2, 0.25) is 0 Å². The molecule has 3 aromatic carbocycles. The molecule has 0 aromatic heterocycles. The van der Waals surface area contributed by atoms with Crippen LogP contribution in [0.3, 0.4) is 0 Å². The second-order valence-electron chi connectivity index (χ2n) is 7.40. The van der Waals surface area contributed by atoms with Gasteiger partial charge in [-0.05, 0) is 0 Å². The summed E-state index contributed by atoms with van der Waals surface area (Å²) in [6.45, 7) is 1.82. The second kappa shape index (κ2) is 10.2. The van der Waals surface area contributed by atoms with Crippen molar-refractivity contribution in [3.05, 3.63) is 89.5 Å². The van der Waals surface area contributed by atoms with Crippen LogP contribution in [0.25, 0.3) is 0 Å². The third-order valence-electron chi connectivity index (χ3n) is 5.57. The number of rotatable bonds is 9. The molecule has 0 heterocycles. The second-order valence-corrected chi connectivity index (χ2v) is 15.5. The van der Waals surface area contributed by atoms with Crippen molar-refractivity contribution < 1.29 is 14.2 Å². The van der Waals surface area contributed by atoms with Crippen LogP contribution >= 0.6 is 0 Å². The third kappa shape index (κ3) is 4.48. The fourth-order valence-electron chi connectivity index (χ4n) is 4.30. The van der Waals surface area contributed by atoms with Crippen LogP contribution < -0.4 is 13.2 Å². The topological polar surface area (TPSA) is 27.7 Å². The van der Waals surface area contributed by atoms with Crippen molar-refractivity contribution >= 4 is 26.5 Å². The van der Waals surface area contributed by atoms with Crippen molar-refractivity contribution in [1.29, 1.82) is 0 Å². The first-order valence-corrected chi connectivity index (χ1v) is 15.1. The Morgan fingerprint density at radius 1 is 0.517 bits per heavy atom. The number of hydrogen-bond donors (Lipinski definition) is 0. The van der Waals surface area contributed by atoms with Gasteiger partial charge in [-0.1, -0.05) is 0 Å². The van der Waals surface area contributed by atoms with E-state index in [2.05, 4.69) is 78.6 Å². The van der Waals surface area contributed by atoms with Gasteiger partial charge < -0.3 is 0 Å². The molecule has 152 valence electrons. The third-order valence-corrected chi connectivity index (χ3v) is 15.4. The summed E-state index contributed by atoms with van der Waals surface area (Å²) in [6.07, 6.45) is 0. The quantitative estimate of drug-likeness (QED) is 0.468. The van der Waals surface area contributed by atoms with Gasteiger partial charge in [0, 0.05) is 0 Å². The number of benzene rings is 3. The van der Waals surface area contributed by atoms with Gasteiger partial charge in [0.05, 0.1) is 0 Å². The minimum atomic E-state index is -3.05. The van der Waals surface area contributed by atoms with E-state index in [1.54, 1.807) is 21.3 Å². The fourth-order valence-corrected chi connectivity index (χ4v) is 13.9. The maximum absolute atomic E-state index is 5.57. The average molecular weight is 451 g/mol. The van der Waals surface area contributed by atoms with Crippen LogP contribution in [0.2, 0.25) is 5.76 Å². The van der Waals surface area contributed by atoms with Crippen molar-refractivity contribution in [2.75, 3.05) is 21.3 Å². The molecule has 0 aliphatic rings. The van der Waals surface area contributed by atoms with Crippen molar-refractivity contribution in [3.8, 4) is 0 Å². The molecule has 0 unspecified atom stereocenters. The predicted octanol–water partition coefficient (Wildman–Crippen LogP) is 3.23. The molecule has 3 aromatic rings. The SMILES string of the molecule is COCc1cccc[c]1[Ge]([CH3])([c]1ccccc1COC)[c]1ccccc1COC. The van der Waals surface area contributed by atoms with E-state index >= 15 is 0 Å². The van der Waals surface area contributed by atoms with E-state index < -0.39 is 13.3 Å². The first kappa shape index (κ1) is 21.8. The first-order chi connectivity index (χ1) is 14.2. The molecule has 0 aliphatic carbocycles. The Morgan fingerprint density at radius 2 is 0.793 bits per heavy atom. The summed E-state index contributed by atoms with van der Waals surface area (Å²) in [5.74, 6) is 2.48. The van der Waals surface area contributed by atoms with E-state index in [1.807, 2.05) is 0 Å². The van der Waals surface area contributed by atoms with Gasteiger partial charge in [-0.2, -0.15) is 0 Å². The van der Waals surface area contributed by atoms with E-state index in [1.165, 1.54) is 29.9 Å². The molecule has 0 saturated carbocycles. The van der Waals surface area contributed by atoms with Gasteiger partial charge in [-0.15, -0.1) is 0 Å². The van der Waals surface area contributed by atoms with Crippen molar-refractivity contribution in [3.63, 3.8) is 0 Å². The van der Waals surface area contributed by atoms with Crippen LogP contribution in [-0.2, 0) is 34.0 Å². The maximum atomic E-state index is 5.57. The van der Waals surface area contributed by atoms with E-state index in [0.717, 1.165) is 0 Å². The molecule has 4 heteroatoms. The molecule has 0 N–H and O–H groups in total. The molecule has 0 saturated heterocycles. The number of methoxy groups -OCH3 is 3. The van der Waals surface area contributed by atoms with Crippen molar-refractivity contribution in [1.82, 2.24) is 0 Å². The van der Waals surface area contributed by atoms with Crippen LogP contribution in [0.1, 0.15) is 16.7 Å². The minimum absolute atomic E-state index is 0.607. The van der Waals surface area contributed by atoms with Gasteiger partial charge in [-0.3, -0.25) is 0 Å². The Hall–Kier alpha value is -1.92. The molecule has 29 heavy (non-hydrogen) atoms. The van der Waals surface area contributed by atoms with Crippen LogP contribution in [0.15, 0.2) is 72.8 Å². The zero-order valence-electron chi connectivity index (χ0n) is 17.8. The van der Waals surface area contributed by atoms with Crippen molar-refractivity contribution in [2.45, 2.75) is 25.6 Å². The summed E-state index contributed by atoms with van der Waals surface area (Å²) in [5, 5.41) is 0. The summed E-state index contributed by atoms with van der Waals surface area (Å²) < 4.78 is 21.0.